The van der Waals surface area contributed by atoms with Crippen molar-refractivity contribution in [1.82, 2.24) is 10.2 Å². The van der Waals surface area contributed by atoms with Crippen molar-refractivity contribution in [3.05, 3.63) is 0 Å². The zero-order valence-electron chi connectivity index (χ0n) is 9.73. The van der Waals surface area contributed by atoms with Gasteiger partial charge in [0.25, 0.3) is 0 Å². The molecule has 1 aliphatic heterocycles. The molecule has 1 N–H and O–H groups in total. The van der Waals surface area contributed by atoms with Gasteiger partial charge in [-0.3, -0.25) is 14.9 Å². The molecule has 0 bridgehead atoms. The molecule has 1 amide bonds. The minimum Gasteiger partial charge on any atom is -0.468 e. The molecule has 0 unspecified atom stereocenters. The molecule has 90 valence electrons. The zero-order chi connectivity index (χ0) is 11.7. The Kier molecular flexibility index (Phi) is 3.14. The lowest BCUT2D eigenvalue weighted by Gasteiger charge is -2.19. The molecule has 16 heavy (non-hydrogen) atoms. The Hall–Kier alpha value is -1.10. The third kappa shape index (κ3) is 2.19. The molecule has 0 spiro atoms. The first-order chi connectivity index (χ1) is 7.63. The normalized spacial score (nSPS) is 27.0. The van der Waals surface area contributed by atoms with Crippen LogP contribution in [0.3, 0.4) is 0 Å². The summed E-state index contributed by atoms with van der Waals surface area (Å²) in [5.41, 5.74) is 0. The van der Waals surface area contributed by atoms with E-state index in [1.807, 2.05) is 0 Å². The van der Waals surface area contributed by atoms with Crippen molar-refractivity contribution < 1.29 is 14.3 Å². The fourth-order valence-electron chi connectivity index (χ4n) is 2.15. The van der Waals surface area contributed by atoms with Gasteiger partial charge in [0.15, 0.2) is 0 Å². The predicted molar refractivity (Wildman–Crippen MR) is 57.7 cm³/mol. The van der Waals surface area contributed by atoms with E-state index < -0.39 is 0 Å². The average molecular weight is 226 g/mol. The summed E-state index contributed by atoms with van der Waals surface area (Å²) in [6.07, 6.45) is 2.86. The number of likely N-dealkylation sites (N-methyl/N-ethyl adjacent to an activating group) is 1. The number of ether oxygens (including phenoxy) is 1. The minimum absolute atomic E-state index is 0.0783. The number of hydrogen-bond donors (Lipinski definition) is 1. The van der Waals surface area contributed by atoms with Crippen LogP contribution in [0.1, 0.15) is 19.3 Å². The highest BCUT2D eigenvalue weighted by Gasteiger charge is 2.41. The number of nitrogens with zero attached hydrogens (tertiary/aromatic N) is 1. The first-order valence-corrected chi connectivity index (χ1v) is 5.72. The van der Waals surface area contributed by atoms with Gasteiger partial charge < -0.3 is 9.64 Å². The Labute approximate surface area is 95.1 Å². The van der Waals surface area contributed by atoms with Gasteiger partial charge in [-0.05, 0) is 25.2 Å². The second-order valence-electron chi connectivity index (χ2n) is 4.61. The molecule has 1 saturated carbocycles. The number of amides is 1. The molecule has 2 rings (SSSR count). The van der Waals surface area contributed by atoms with Crippen molar-refractivity contribution in [2.45, 2.75) is 31.3 Å². The highest BCUT2D eigenvalue weighted by Crippen LogP contribution is 2.33. The number of likely N-dealkylation sites (tertiary alicyclic amines) is 1. The van der Waals surface area contributed by atoms with Gasteiger partial charge in [-0.2, -0.15) is 0 Å². The summed E-state index contributed by atoms with van der Waals surface area (Å²) < 4.78 is 4.76. The van der Waals surface area contributed by atoms with Crippen molar-refractivity contribution in [2.75, 3.05) is 20.7 Å². The predicted octanol–water partition coefficient (Wildman–Crippen LogP) is -0.242. The summed E-state index contributed by atoms with van der Waals surface area (Å²) in [7, 11) is 3.18. The molecule has 1 aliphatic carbocycles. The van der Waals surface area contributed by atoms with Crippen LogP contribution in [0.5, 0.6) is 0 Å². The van der Waals surface area contributed by atoms with Crippen LogP contribution < -0.4 is 5.32 Å². The van der Waals surface area contributed by atoms with Crippen molar-refractivity contribution >= 4 is 11.9 Å². The highest BCUT2D eigenvalue weighted by molar-refractivity contribution is 5.85. The van der Waals surface area contributed by atoms with Crippen LogP contribution in [0.15, 0.2) is 0 Å². The second-order valence-corrected chi connectivity index (χ2v) is 4.61. The van der Waals surface area contributed by atoms with Crippen LogP contribution in [0.25, 0.3) is 0 Å². The topological polar surface area (TPSA) is 58.6 Å². The second kappa shape index (κ2) is 4.41. The van der Waals surface area contributed by atoms with E-state index in [9.17, 15) is 9.59 Å². The zero-order valence-corrected chi connectivity index (χ0v) is 9.73. The van der Waals surface area contributed by atoms with Crippen LogP contribution >= 0.6 is 0 Å². The number of carbonyl (C=O) groups excluding carboxylic acids is 2. The van der Waals surface area contributed by atoms with Crippen molar-refractivity contribution in [3.63, 3.8) is 0 Å². The van der Waals surface area contributed by atoms with Crippen LogP contribution in [0, 0.1) is 5.92 Å². The molecule has 0 aromatic heterocycles. The smallest absolute Gasteiger partial charge is 0.323 e. The third-order valence-corrected chi connectivity index (χ3v) is 3.36. The van der Waals surface area contributed by atoms with Crippen LogP contribution in [-0.2, 0) is 14.3 Å². The first kappa shape index (κ1) is 11.4. The number of rotatable bonds is 4. The molecule has 0 radical (unpaired) electrons. The fourth-order valence-corrected chi connectivity index (χ4v) is 2.15. The van der Waals surface area contributed by atoms with Gasteiger partial charge >= 0.3 is 5.97 Å². The maximum Gasteiger partial charge on any atom is 0.323 e. The number of carbonyl (C=O) groups is 2. The van der Waals surface area contributed by atoms with E-state index >= 15 is 0 Å². The summed E-state index contributed by atoms with van der Waals surface area (Å²) in [5.74, 6) is 0.186. The largest absolute Gasteiger partial charge is 0.468 e. The number of methoxy groups -OCH3 is 1. The van der Waals surface area contributed by atoms with Gasteiger partial charge in [0.05, 0.1) is 13.2 Å². The molecular formula is C11H18N2O3. The van der Waals surface area contributed by atoms with E-state index in [-0.39, 0.29) is 24.0 Å². The molecule has 2 aliphatic rings. The Balaban J connectivity index is 1.95. The lowest BCUT2D eigenvalue weighted by atomic mass is 10.1. The van der Waals surface area contributed by atoms with Gasteiger partial charge in [-0.1, -0.05) is 0 Å². The summed E-state index contributed by atoms with van der Waals surface area (Å²) in [6.45, 7) is 0.759. The standard InChI is InChI=1S/C11H18N2O3/c1-13-6-5-8(10(13)14)12-9(7-3-4-7)11(15)16-2/h7-9,12H,3-6H2,1-2H3/t8-,9-/m0/s1. The van der Waals surface area contributed by atoms with Crippen LogP contribution in [0.2, 0.25) is 0 Å². The summed E-state index contributed by atoms with van der Waals surface area (Å²) in [4.78, 5) is 25.0. The quantitative estimate of drug-likeness (QED) is 0.672. The van der Waals surface area contributed by atoms with E-state index in [0.717, 1.165) is 25.8 Å². The van der Waals surface area contributed by atoms with Crippen molar-refractivity contribution in [1.29, 1.82) is 0 Å². The van der Waals surface area contributed by atoms with Gasteiger partial charge in [0, 0.05) is 13.6 Å². The first-order valence-electron chi connectivity index (χ1n) is 5.72. The molecule has 2 fully saturated rings. The molecule has 1 saturated heterocycles. The minimum atomic E-state index is -0.301. The molecule has 5 heteroatoms. The number of nitrogens with one attached hydrogen (secondary N) is 1. The Morgan fingerprint density at radius 2 is 2.19 bits per heavy atom. The Morgan fingerprint density at radius 1 is 1.50 bits per heavy atom. The molecule has 0 aromatic carbocycles. The van der Waals surface area contributed by atoms with Crippen molar-refractivity contribution in [2.24, 2.45) is 5.92 Å². The maximum atomic E-state index is 11.7. The molecule has 0 aromatic rings. The van der Waals surface area contributed by atoms with Crippen LogP contribution in [0.4, 0.5) is 0 Å². The monoisotopic (exact) mass is 226 g/mol. The van der Waals surface area contributed by atoms with E-state index in [2.05, 4.69) is 5.32 Å². The molecular weight excluding hydrogens is 208 g/mol. The SMILES string of the molecule is COC(=O)[C@@H](N[C@H]1CCN(C)C1=O)C1CC1. The fraction of sp³-hybridized carbons (Fsp3) is 0.818. The van der Waals surface area contributed by atoms with E-state index in [1.165, 1.54) is 7.11 Å². The Bertz CT molecular complexity index is 302. The average Bonchev–Trinajstić information content (AvgIpc) is 3.07. The van der Waals surface area contributed by atoms with Crippen LogP contribution in [-0.4, -0.2) is 49.6 Å². The lowest BCUT2D eigenvalue weighted by molar-refractivity contribution is -0.144. The van der Waals surface area contributed by atoms with E-state index in [4.69, 9.17) is 4.74 Å². The molecule has 5 nitrogen and oxygen atoms in total. The Morgan fingerprint density at radius 3 is 2.62 bits per heavy atom. The maximum absolute atomic E-state index is 11.7. The number of esters is 1. The summed E-state index contributed by atoms with van der Waals surface area (Å²) in [5, 5.41) is 3.14. The highest BCUT2D eigenvalue weighted by atomic mass is 16.5. The molecule has 2 atom stereocenters. The van der Waals surface area contributed by atoms with Gasteiger partial charge in [0.1, 0.15) is 6.04 Å². The van der Waals surface area contributed by atoms with Crippen molar-refractivity contribution in [3.8, 4) is 0 Å². The summed E-state index contributed by atoms with van der Waals surface area (Å²) in [6, 6.07) is -0.514. The third-order valence-electron chi connectivity index (χ3n) is 3.36. The summed E-state index contributed by atoms with van der Waals surface area (Å²) >= 11 is 0. The van der Waals surface area contributed by atoms with Gasteiger partial charge in [-0.25, -0.2) is 0 Å². The molecule has 1 heterocycles. The lowest BCUT2D eigenvalue weighted by Crippen LogP contribution is -2.48. The van der Waals surface area contributed by atoms with Gasteiger partial charge in [0.2, 0.25) is 5.91 Å². The van der Waals surface area contributed by atoms with Gasteiger partial charge in [-0.15, -0.1) is 0 Å². The van der Waals surface area contributed by atoms with E-state index in [0.29, 0.717) is 5.92 Å². The van der Waals surface area contributed by atoms with E-state index in [1.54, 1.807) is 11.9 Å². The number of hydrogen-bond acceptors (Lipinski definition) is 4.